The second-order valence-corrected chi connectivity index (χ2v) is 8.50. The lowest BCUT2D eigenvalue weighted by Gasteiger charge is -2.31. The average Bonchev–Trinajstić information content (AvgIpc) is 3.56. The van der Waals surface area contributed by atoms with Gasteiger partial charge in [-0.15, -0.1) is 0 Å². The van der Waals surface area contributed by atoms with Crippen LogP contribution in [0.25, 0.3) is 0 Å². The van der Waals surface area contributed by atoms with Gasteiger partial charge in [-0.05, 0) is 53.1 Å². The molecule has 0 bridgehead atoms. The van der Waals surface area contributed by atoms with Gasteiger partial charge in [0, 0.05) is 26.2 Å². The number of halogens is 1. The topological polar surface area (TPSA) is 44.7 Å². The van der Waals surface area contributed by atoms with E-state index >= 15 is 0 Å². The molecule has 29 heavy (non-hydrogen) atoms. The minimum Gasteiger partial charge on any atom is -0.493 e. The number of nitrogens with one attached hydrogen (secondary N) is 1. The molecule has 1 atom stereocenters. The summed E-state index contributed by atoms with van der Waals surface area (Å²) in [4.78, 5) is 2.59. The molecule has 2 aliphatic rings. The van der Waals surface area contributed by atoms with Crippen molar-refractivity contribution >= 4 is 17.2 Å². The molecule has 0 aromatic heterocycles. The predicted octanol–water partition coefficient (Wildman–Crippen LogP) is 3.91. The molecule has 1 heterocycles. The van der Waals surface area contributed by atoms with Crippen LogP contribution in [-0.4, -0.2) is 34.8 Å². The Bertz CT molecular complexity index is 854. The van der Waals surface area contributed by atoms with Gasteiger partial charge in [-0.25, -0.2) is 4.39 Å². The SMILES string of the molecule is OCC(=S)NCc1ccc(CN2Cc3ccc(OCC4CC4)cc3C(F)C2)cc1. The molecule has 0 radical (unpaired) electrons. The molecule has 1 aliphatic heterocycles. The Balaban J connectivity index is 1.34. The van der Waals surface area contributed by atoms with E-state index in [2.05, 4.69) is 22.3 Å². The van der Waals surface area contributed by atoms with Crippen LogP contribution in [0, 0.1) is 5.92 Å². The lowest BCUT2D eigenvalue weighted by Crippen LogP contribution is -2.31. The Kier molecular flexibility index (Phi) is 6.43. The lowest BCUT2D eigenvalue weighted by atomic mass is 9.97. The Morgan fingerprint density at radius 1 is 1.17 bits per heavy atom. The van der Waals surface area contributed by atoms with Crippen LogP contribution in [0.15, 0.2) is 42.5 Å². The standard InChI is InChI=1S/C23H27FN2O2S/c24-22-13-26(11-17-3-1-16(2-4-17)10-25-23(29)14-27)12-19-7-8-20(9-21(19)22)28-15-18-5-6-18/h1-4,7-9,18,22,27H,5-6,10-15H2,(H,25,29). The molecule has 154 valence electrons. The van der Waals surface area contributed by atoms with Gasteiger partial charge < -0.3 is 15.2 Å². The van der Waals surface area contributed by atoms with Crippen molar-refractivity contribution in [1.82, 2.24) is 10.2 Å². The van der Waals surface area contributed by atoms with E-state index in [9.17, 15) is 4.39 Å². The van der Waals surface area contributed by atoms with E-state index in [1.165, 1.54) is 12.8 Å². The maximum atomic E-state index is 14.9. The van der Waals surface area contributed by atoms with Crippen LogP contribution in [0.5, 0.6) is 5.75 Å². The highest BCUT2D eigenvalue weighted by Crippen LogP contribution is 2.34. The molecule has 6 heteroatoms. The number of thiocarbonyl (C=S) groups is 1. The van der Waals surface area contributed by atoms with Gasteiger partial charge in [0.1, 0.15) is 16.9 Å². The van der Waals surface area contributed by atoms with E-state index in [0.29, 0.717) is 30.5 Å². The molecule has 0 amide bonds. The van der Waals surface area contributed by atoms with Crippen LogP contribution >= 0.6 is 12.2 Å². The number of ether oxygens (including phenoxy) is 1. The summed E-state index contributed by atoms with van der Waals surface area (Å²) in [5.74, 6) is 1.48. The van der Waals surface area contributed by atoms with Crippen molar-refractivity contribution in [3.8, 4) is 5.75 Å². The van der Waals surface area contributed by atoms with Crippen molar-refractivity contribution < 1.29 is 14.2 Å². The van der Waals surface area contributed by atoms with Gasteiger partial charge in [0.15, 0.2) is 0 Å². The number of fused-ring (bicyclic) bond motifs is 1. The average molecular weight is 415 g/mol. The summed E-state index contributed by atoms with van der Waals surface area (Å²) >= 11 is 4.96. The van der Waals surface area contributed by atoms with Crippen molar-refractivity contribution in [1.29, 1.82) is 0 Å². The zero-order valence-electron chi connectivity index (χ0n) is 16.4. The fourth-order valence-electron chi connectivity index (χ4n) is 3.63. The zero-order valence-corrected chi connectivity index (χ0v) is 17.3. The molecule has 0 saturated heterocycles. The maximum Gasteiger partial charge on any atom is 0.138 e. The fraction of sp³-hybridized carbons (Fsp3) is 0.435. The summed E-state index contributed by atoms with van der Waals surface area (Å²) in [6.07, 6.45) is 1.50. The van der Waals surface area contributed by atoms with Gasteiger partial charge in [0.25, 0.3) is 0 Å². The molecule has 0 spiro atoms. The third kappa shape index (κ3) is 5.53. The molecule has 2 N–H and O–H groups in total. The second kappa shape index (κ2) is 9.20. The smallest absolute Gasteiger partial charge is 0.138 e. The predicted molar refractivity (Wildman–Crippen MR) is 116 cm³/mol. The van der Waals surface area contributed by atoms with Crippen LogP contribution in [0.2, 0.25) is 0 Å². The number of aliphatic hydroxyl groups is 1. The molecule has 2 aromatic carbocycles. The second-order valence-electron chi connectivity index (χ2n) is 8.00. The summed E-state index contributed by atoms with van der Waals surface area (Å²) < 4.78 is 20.7. The number of benzene rings is 2. The van der Waals surface area contributed by atoms with Gasteiger partial charge in [0.2, 0.25) is 0 Å². The molecule has 1 unspecified atom stereocenters. The van der Waals surface area contributed by atoms with E-state index in [1.807, 2.05) is 30.3 Å². The first-order valence-electron chi connectivity index (χ1n) is 10.2. The summed E-state index contributed by atoms with van der Waals surface area (Å²) in [5, 5.41) is 12.0. The summed E-state index contributed by atoms with van der Waals surface area (Å²) in [6.45, 7) is 3.05. The summed E-state index contributed by atoms with van der Waals surface area (Å²) in [7, 11) is 0. The van der Waals surface area contributed by atoms with Gasteiger partial charge in [0.05, 0.1) is 13.2 Å². The van der Waals surface area contributed by atoms with Gasteiger partial charge in [-0.3, -0.25) is 4.90 Å². The van der Waals surface area contributed by atoms with E-state index in [1.54, 1.807) is 0 Å². The Morgan fingerprint density at radius 2 is 1.93 bits per heavy atom. The van der Waals surface area contributed by atoms with E-state index in [4.69, 9.17) is 22.1 Å². The number of rotatable bonds is 8. The molecule has 1 saturated carbocycles. The first-order valence-corrected chi connectivity index (χ1v) is 10.6. The fourth-order valence-corrected chi connectivity index (χ4v) is 3.70. The van der Waals surface area contributed by atoms with Crippen molar-refractivity contribution in [3.05, 3.63) is 64.7 Å². The Hall–Kier alpha value is -2.02. The highest BCUT2D eigenvalue weighted by atomic mass is 32.1. The first kappa shape index (κ1) is 20.3. The van der Waals surface area contributed by atoms with E-state index in [-0.39, 0.29) is 6.61 Å². The Labute approximate surface area is 176 Å². The number of hydrogen-bond donors (Lipinski definition) is 2. The van der Waals surface area contributed by atoms with Crippen molar-refractivity contribution in [2.75, 3.05) is 19.8 Å². The maximum absolute atomic E-state index is 14.9. The van der Waals surface area contributed by atoms with Crippen LogP contribution in [0.4, 0.5) is 4.39 Å². The third-order valence-electron chi connectivity index (χ3n) is 5.51. The van der Waals surface area contributed by atoms with Crippen LogP contribution in [-0.2, 0) is 19.6 Å². The number of nitrogens with zero attached hydrogens (tertiary/aromatic N) is 1. The van der Waals surface area contributed by atoms with Crippen LogP contribution in [0.3, 0.4) is 0 Å². The van der Waals surface area contributed by atoms with Crippen LogP contribution in [0.1, 0.15) is 41.3 Å². The normalized spacial score (nSPS) is 18.9. The molecule has 2 aromatic rings. The van der Waals surface area contributed by atoms with E-state index < -0.39 is 6.17 Å². The molecular weight excluding hydrogens is 387 g/mol. The van der Waals surface area contributed by atoms with Crippen LogP contribution < -0.4 is 10.1 Å². The monoisotopic (exact) mass is 414 g/mol. The molecule has 1 fully saturated rings. The van der Waals surface area contributed by atoms with Gasteiger partial charge >= 0.3 is 0 Å². The molecule has 1 aliphatic carbocycles. The lowest BCUT2D eigenvalue weighted by molar-refractivity contribution is 0.158. The summed E-state index contributed by atoms with van der Waals surface area (Å²) in [6, 6.07) is 14.1. The minimum absolute atomic E-state index is 0.137. The number of alkyl halides is 1. The minimum atomic E-state index is -0.994. The van der Waals surface area contributed by atoms with Gasteiger partial charge in [-0.1, -0.05) is 42.5 Å². The largest absolute Gasteiger partial charge is 0.493 e. The van der Waals surface area contributed by atoms with E-state index in [0.717, 1.165) is 41.2 Å². The number of hydrogen-bond acceptors (Lipinski definition) is 4. The van der Waals surface area contributed by atoms with Crippen molar-refractivity contribution in [2.24, 2.45) is 5.92 Å². The first-order chi connectivity index (χ1) is 14.1. The van der Waals surface area contributed by atoms with Crippen molar-refractivity contribution in [2.45, 2.75) is 38.6 Å². The highest BCUT2D eigenvalue weighted by molar-refractivity contribution is 7.80. The highest BCUT2D eigenvalue weighted by Gasteiger charge is 2.26. The molecule has 4 nitrogen and oxygen atoms in total. The molecule has 4 rings (SSSR count). The van der Waals surface area contributed by atoms with Crippen molar-refractivity contribution in [3.63, 3.8) is 0 Å². The Morgan fingerprint density at radius 3 is 2.66 bits per heavy atom. The van der Waals surface area contributed by atoms with Gasteiger partial charge in [-0.2, -0.15) is 0 Å². The summed E-state index contributed by atoms with van der Waals surface area (Å²) in [5.41, 5.74) is 4.06. The zero-order chi connectivity index (χ0) is 20.2. The third-order valence-corrected chi connectivity index (χ3v) is 5.79. The number of aliphatic hydroxyl groups excluding tert-OH is 1. The molecular formula is C23H27FN2O2S. The quantitative estimate of drug-likeness (QED) is 0.642.